The van der Waals surface area contributed by atoms with Crippen molar-refractivity contribution in [3.63, 3.8) is 0 Å². The zero-order valence-electron chi connectivity index (χ0n) is 18.1. The molecular weight excluding hydrogens is 412 g/mol. The van der Waals surface area contributed by atoms with Crippen LogP contribution >= 0.6 is 11.6 Å². The number of hydrogen-bond donors (Lipinski definition) is 0. The first-order valence-electron chi connectivity index (χ1n) is 9.35. The van der Waals surface area contributed by atoms with Crippen molar-refractivity contribution in [1.82, 2.24) is 19.7 Å². The van der Waals surface area contributed by atoms with E-state index in [9.17, 15) is 9.59 Å². The summed E-state index contributed by atoms with van der Waals surface area (Å²) in [5.74, 6) is 1.000. The molecule has 0 unspecified atom stereocenters. The normalized spacial score (nSPS) is 11.2. The molecule has 164 valence electrons. The predicted octanol–water partition coefficient (Wildman–Crippen LogP) is 3.47. The minimum atomic E-state index is -0.563. The quantitative estimate of drug-likeness (QED) is 0.610. The number of amides is 1. The van der Waals surface area contributed by atoms with E-state index < -0.39 is 17.7 Å². The highest BCUT2D eigenvalue weighted by atomic mass is 35.5. The summed E-state index contributed by atoms with van der Waals surface area (Å²) in [7, 11) is 2.95. The number of halogens is 1. The molecule has 0 aliphatic carbocycles. The van der Waals surface area contributed by atoms with Crippen LogP contribution in [0.4, 0.5) is 4.79 Å². The molecule has 1 amide bonds. The molecule has 1 aromatic heterocycles. The molecule has 0 N–H and O–H groups in total. The Labute approximate surface area is 180 Å². The van der Waals surface area contributed by atoms with Crippen molar-refractivity contribution in [2.24, 2.45) is 0 Å². The summed E-state index contributed by atoms with van der Waals surface area (Å²) in [5.41, 5.74) is -0.343. The van der Waals surface area contributed by atoms with Crippen LogP contribution in [-0.4, -0.2) is 58.0 Å². The molecule has 0 fully saturated rings. The maximum atomic E-state index is 12.1. The van der Waals surface area contributed by atoms with Gasteiger partial charge in [0.15, 0.2) is 5.82 Å². The van der Waals surface area contributed by atoms with Gasteiger partial charge in [-0.1, -0.05) is 11.6 Å². The van der Waals surface area contributed by atoms with Crippen LogP contribution in [0.15, 0.2) is 18.2 Å². The van der Waals surface area contributed by atoms with Gasteiger partial charge in [-0.05, 0) is 45.9 Å². The van der Waals surface area contributed by atoms with Crippen LogP contribution in [0.1, 0.15) is 42.8 Å². The highest BCUT2D eigenvalue weighted by Gasteiger charge is 2.20. The predicted molar refractivity (Wildman–Crippen MR) is 111 cm³/mol. The number of carbonyl (C=O) groups is 2. The van der Waals surface area contributed by atoms with Crippen molar-refractivity contribution < 1.29 is 23.8 Å². The number of carbonyl (C=O) groups excluding carboxylic acids is 2. The molecule has 0 saturated carbocycles. The number of likely N-dealkylation sites (N-methyl/N-ethyl adjacent to an activating group) is 1. The fourth-order valence-corrected chi connectivity index (χ4v) is 2.72. The lowest BCUT2D eigenvalue weighted by atomic mass is 10.2. The van der Waals surface area contributed by atoms with E-state index in [4.69, 9.17) is 25.8 Å². The molecule has 2 rings (SSSR count). The molecule has 0 bridgehead atoms. The zero-order valence-corrected chi connectivity index (χ0v) is 18.8. The minimum absolute atomic E-state index is 0.0720. The minimum Gasteiger partial charge on any atom is -0.485 e. The zero-order chi connectivity index (χ0) is 22.5. The Hall–Kier alpha value is -2.81. The highest BCUT2D eigenvalue weighted by Crippen LogP contribution is 2.24. The highest BCUT2D eigenvalue weighted by molar-refractivity contribution is 6.31. The van der Waals surface area contributed by atoms with Crippen LogP contribution in [0, 0.1) is 6.92 Å². The third kappa shape index (κ3) is 6.35. The van der Waals surface area contributed by atoms with Crippen molar-refractivity contribution in [1.29, 1.82) is 0 Å². The average Bonchev–Trinajstić information content (AvgIpc) is 3.02. The largest absolute Gasteiger partial charge is 0.485 e. The monoisotopic (exact) mass is 438 g/mol. The third-order valence-corrected chi connectivity index (χ3v) is 4.32. The first kappa shape index (κ1) is 23.5. The first-order valence-corrected chi connectivity index (χ1v) is 9.73. The number of aryl methyl sites for hydroxylation is 1. The smallest absolute Gasteiger partial charge is 0.410 e. The summed E-state index contributed by atoms with van der Waals surface area (Å²) >= 11 is 5.97. The van der Waals surface area contributed by atoms with Gasteiger partial charge in [0.1, 0.15) is 29.3 Å². The second kappa shape index (κ2) is 9.80. The molecule has 9 nitrogen and oxygen atoms in total. The molecule has 0 aliphatic rings. The summed E-state index contributed by atoms with van der Waals surface area (Å²) in [6.07, 6.45) is -0.407. The maximum absolute atomic E-state index is 12.1. The fourth-order valence-electron chi connectivity index (χ4n) is 2.54. The second-order valence-corrected chi connectivity index (χ2v) is 8.07. The van der Waals surface area contributed by atoms with Gasteiger partial charge in [0.05, 0.1) is 7.11 Å². The van der Waals surface area contributed by atoms with Crippen molar-refractivity contribution in [3.05, 3.63) is 40.4 Å². The molecule has 10 heteroatoms. The summed E-state index contributed by atoms with van der Waals surface area (Å²) in [6, 6.07) is 4.70. The van der Waals surface area contributed by atoms with Crippen molar-refractivity contribution in [3.8, 4) is 5.75 Å². The van der Waals surface area contributed by atoms with Gasteiger partial charge in [-0.3, -0.25) is 0 Å². The summed E-state index contributed by atoms with van der Waals surface area (Å²) in [6.45, 7) is 8.19. The lowest BCUT2D eigenvalue weighted by molar-refractivity contribution is 0.0292. The average molecular weight is 439 g/mol. The van der Waals surface area contributed by atoms with Gasteiger partial charge in [-0.2, -0.15) is 0 Å². The van der Waals surface area contributed by atoms with Crippen molar-refractivity contribution in [2.75, 3.05) is 20.7 Å². The lowest BCUT2D eigenvalue weighted by Gasteiger charge is -2.25. The van der Waals surface area contributed by atoms with Gasteiger partial charge in [0.2, 0.25) is 0 Å². The van der Waals surface area contributed by atoms with E-state index in [0.29, 0.717) is 35.5 Å². The second-order valence-electron chi connectivity index (χ2n) is 7.64. The van der Waals surface area contributed by atoms with E-state index in [2.05, 4.69) is 10.2 Å². The molecule has 0 spiro atoms. The van der Waals surface area contributed by atoms with Gasteiger partial charge in [0.25, 0.3) is 0 Å². The molecule has 1 aromatic carbocycles. The van der Waals surface area contributed by atoms with E-state index in [-0.39, 0.29) is 12.2 Å². The van der Waals surface area contributed by atoms with Crippen LogP contribution in [0.3, 0.4) is 0 Å². The molecular formula is C20H27ClN4O5. The molecule has 0 saturated heterocycles. The number of hydrogen-bond acceptors (Lipinski definition) is 7. The number of nitrogens with zero attached hydrogens (tertiary/aromatic N) is 4. The Morgan fingerprint density at radius 3 is 2.57 bits per heavy atom. The number of benzene rings is 1. The van der Waals surface area contributed by atoms with Crippen molar-refractivity contribution in [2.45, 2.75) is 46.4 Å². The lowest BCUT2D eigenvalue weighted by Crippen LogP contribution is -2.36. The topological polar surface area (TPSA) is 95.8 Å². The van der Waals surface area contributed by atoms with Gasteiger partial charge < -0.3 is 23.7 Å². The fraction of sp³-hybridized carbons (Fsp3) is 0.500. The summed E-state index contributed by atoms with van der Waals surface area (Å²) in [4.78, 5) is 25.6. The first-order chi connectivity index (χ1) is 14.0. The van der Waals surface area contributed by atoms with E-state index in [1.807, 2.05) is 32.3 Å². The maximum Gasteiger partial charge on any atom is 0.410 e. The van der Waals surface area contributed by atoms with Crippen LogP contribution in [0.2, 0.25) is 5.02 Å². The van der Waals surface area contributed by atoms with E-state index in [0.717, 1.165) is 0 Å². The molecule has 0 aliphatic heterocycles. The van der Waals surface area contributed by atoms with Crippen LogP contribution in [0.25, 0.3) is 0 Å². The van der Waals surface area contributed by atoms with Crippen LogP contribution in [0.5, 0.6) is 5.75 Å². The Morgan fingerprint density at radius 2 is 1.93 bits per heavy atom. The Bertz CT molecular complexity index is 907. The number of rotatable bonds is 7. The Morgan fingerprint density at radius 1 is 1.23 bits per heavy atom. The summed E-state index contributed by atoms with van der Waals surface area (Å²) in [5, 5.41) is 8.62. The van der Waals surface area contributed by atoms with E-state index >= 15 is 0 Å². The number of aromatic nitrogens is 3. The van der Waals surface area contributed by atoms with Gasteiger partial charge >= 0.3 is 12.1 Å². The molecule has 30 heavy (non-hydrogen) atoms. The number of ether oxygens (including phenoxy) is 3. The SMILES string of the molecule is COC(=O)c1cc(Cl)ccc1OCc1nnc(C)n1CCN(C)C(=O)OC(C)(C)C. The molecule has 0 atom stereocenters. The number of methoxy groups -OCH3 is 1. The standard InChI is InChI=1S/C20H27ClN4O5/c1-13-22-23-17(25(13)10-9-24(5)19(27)30-20(2,3)4)12-29-16-8-7-14(21)11-15(16)18(26)28-6/h7-8,11H,9-10,12H2,1-6H3. The van der Waals surface area contributed by atoms with Gasteiger partial charge in [-0.15, -0.1) is 10.2 Å². The Balaban J connectivity index is 2.07. The van der Waals surface area contributed by atoms with Crippen LogP contribution in [-0.2, 0) is 22.6 Å². The van der Waals surface area contributed by atoms with Crippen molar-refractivity contribution >= 4 is 23.7 Å². The molecule has 1 heterocycles. The summed E-state index contributed by atoms with van der Waals surface area (Å²) < 4.78 is 17.8. The third-order valence-electron chi connectivity index (χ3n) is 4.08. The van der Waals surface area contributed by atoms with Crippen LogP contribution < -0.4 is 4.74 Å². The molecule has 2 aromatic rings. The van der Waals surface area contributed by atoms with Gasteiger partial charge in [-0.25, -0.2) is 9.59 Å². The molecule has 0 radical (unpaired) electrons. The van der Waals surface area contributed by atoms with E-state index in [1.54, 1.807) is 19.2 Å². The Kier molecular flexibility index (Phi) is 7.66. The number of esters is 1. The van der Waals surface area contributed by atoms with Gasteiger partial charge in [0, 0.05) is 25.2 Å². The van der Waals surface area contributed by atoms with E-state index in [1.165, 1.54) is 18.1 Å².